The van der Waals surface area contributed by atoms with Crippen LogP contribution in [0.4, 0.5) is 4.39 Å². The second-order valence-electron chi connectivity index (χ2n) is 6.98. The molecule has 0 radical (unpaired) electrons. The molecule has 2 aromatic carbocycles. The zero-order chi connectivity index (χ0) is 19.1. The molecule has 1 saturated heterocycles. The Bertz CT molecular complexity index is 762. The van der Waals surface area contributed by atoms with Crippen LogP contribution in [0.5, 0.6) is 0 Å². The van der Waals surface area contributed by atoms with Gasteiger partial charge >= 0.3 is 0 Å². The molecule has 3 rings (SSSR count). The quantitative estimate of drug-likeness (QED) is 0.794. The van der Waals surface area contributed by atoms with Gasteiger partial charge in [-0.1, -0.05) is 30.3 Å². The zero-order valence-corrected chi connectivity index (χ0v) is 15.4. The van der Waals surface area contributed by atoms with E-state index in [0.717, 1.165) is 25.7 Å². The number of likely N-dealkylation sites (tertiary alicyclic amines) is 1. The van der Waals surface area contributed by atoms with Gasteiger partial charge in [0.2, 0.25) is 5.91 Å². The number of piperidine rings is 1. The molecule has 27 heavy (non-hydrogen) atoms. The van der Waals surface area contributed by atoms with Crippen molar-refractivity contribution in [2.45, 2.75) is 25.7 Å². The maximum absolute atomic E-state index is 13.0. The van der Waals surface area contributed by atoms with Crippen molar-refractivity contribution in [3.63, 3.8) is 0 Å². The number of carbonyl (C=O) groups is 2. The zero-order valence-electron chi connectivity index (χ0n) is 15.4. The Hall–Kier alpha value is -2.69. The number of hydrogen-bond donors (Lipinski definition) is 1. The number of nitrogens with one attached hydrogen (secondary N) is 1. The van der Waals surface area contributed by atoms with Crippen LogP contribution in [0.2, 0.25) is 0 Å². The molecule has 1 unspecified atom stereocenters. The van der Waals surface area contributed by atoms with Crippen LogP contribution in [-0.2, 0) is 11.2 Å². The SMILES string of the molecule is O=C(NCCCc1ccccc1)C1CCCN(C(=O)c2ccc(F)cc2)C1. The number of carbonyl (C=O) groups excluding carboxylic acids is 2. The van der Waals surface area contributed by atoms with Gasteiger partial charge in [-0.15, -0.1) is 0 Å². The maximum Gasteiger partial charge on any atom is 0.253 e. The average Bonchev–Trinajstić information content (AvgIpc) is 2.72. The first-order chi connectivity index (χ1) is 13.1. The van der Waals surface area contributed by atoms with E-state index in [1.54, 1.807) is 4.90 Å². The first kappa shape index (κ1) is 19.1. The summed E-state index contributed by atoms with van der Waals surface area (Å²) in [7, 11) is 0. The van der Waals surface area contributed by atoms with E-state index in [4.69, 9.17) is 0 Å². The molecule has 1 atom stereocenters. The number of amides is 2. The van der Waals surface area contributed by atoms with Gasteiger partial charge < -0.3 is 10.2 Å². The standard InChI is InChI=1S/C22H25FN2O2/c23-20-12-10-18(11-13-20)22(27)25-15-5-9-19(16-25)21(26)24-14-4-8-17-6-2-1-3-7-17/h1-3,6-7,10-13,19H,4-5,8-9,14-16H2,(H,24,26). The number of halogens is 1. The van der Waals surface area contributed by atoms with Crippen LogP contribution in [0.15, 0.2) is 54.6 Å². The van der Waals surface area contributed by atoms with Gasteiger partial charge in [-0.05, 0) is 55.5 Å². The number of nitrogens with zero attached hydrogens (tertiary/aromatic N) is 1. The topological polar surface area (TPSA) is 49.4 Å². The highest BCUT2D eigenvalue weighted by molar-refractivity contribution is 5.94. The molecule has 1 aliphatic heterocycles. The first-order valence-corrected chi connectivity index (χ1v) is 9.50. The van der Waals surface area contributed by atoms with Crippen molar-refractivity contribution in [1.82, 2.24) is 10.2 Å². The molecule has 4 nitrogen and oxygen atoms in total. The minimum absolute atomic E-state index is 0.0136. The summed E-state index contributed by atoms with van der Waals surface area (Å²) >= 11 is 0. The molecule has 5 heteroatoms. The van der Waals surface area contributed by atoms with E-state index in [-0.39, 0.29) is 23.5 Å². The minimum Gasteiger partial charge on any atom is -0.356 e. The number of benzene rings is 2. The summed E-state index contributed by atoms with van der Waals surface area (Å²) in [5, 5.41) is 3.00. The van der Waals surface area contributed by atoms with Crippen molar-refractivity contribution in [2.75, 3.05) is 19.6 Å². The van der Waals surface area contributed by atoms with Gasteiger partial charge in [-0.3, -0.25) is 9.59 Å². The molecular formula is C22H25FN2O2. The van der Waals surface area contributed by atoms with E-state index >= 15 is 0 Å². The maximum atomic E-state index is 13.0. The van der Waals surface area contributed by atoms with Crippen LogP contribution >= 0.6 is 0 Å². The van der Waals surface area contributed by atoms with E-state index in [1.807, 2.05) is 18.2 Å². The molecule has 0 aliphatic carbocycles. The largest absolute Gasteiger partial charge is 0.356 e. The second kappa shape index (κ2) is 9.31. The van der Waals surface area contributed by atoms with Gasteiger partial charge in [0.05, 0.1) is 5.92 Å². The van der Waals surface area contributed by atoms with E-state index in [2.05, 4.69) is 17.4 Å². The Morgan fingerprint density at radius 1 is 1.07 bits per heavy atom. The van der Waals surface area contributed by atoms with Gasteiger partial charge in [0.1, 0.15) is 5.82 Å². The van der Waals surface area contributed by atoms with Gasteiger partial charge in [0.25, 0.3) is 5.91 Å². The van der Waals surface area contributed by atoms with Crippen LogP contribution in [0.3, 0.4) is 0 Å². The van der Waals surface area contributed by atoms with Gasteiger partial charge in [0.15, 0.2) is 0 Å². The van der Waals surface area contributed by atoms with Gasteiger partial charge in [-0.2, -0.15) is 0 Å². The molecule has 2 aromatic rings. The number of aryl methyl sites for hydroxylation is 1. The third kappa shape index (κ3) is 5.39. The Morgan fingerprint density at radius 3 is 2.56 bits per heavy atom. The summed E-state index contributed by atoms with van der Waals surface area (Å²) in [5.41, 5.74) is 1.72. The van der Waals surface area contributed by atoms with Crippen LogP contribution in [0.25, 0.3) is 0 Å². The highest BCUT2D eigenvalue weighted by Crippen LogP contribution is 2.19. The third-order valence-corrected chi connectivity index (χ3v) is 4.95. The molecule has 0 aromatic heterocycles. The molecule has 1 fully saturated rings. The Morgan fingerprint density at radius 2 is 1.81 bits per heavy atom. The normalized spacial score (nSPS) is 16.8. The lowest BCUT2D eigenvalue weighted by Gasteiger charge is -2.32. The Labute approximate surface area is 159 Å². The molecule has 1 heterocycles. The van der Waals surface area contributed by atoms with Crippen molar-refractivity contribution in [2.24, 2.45) is 5.92 Å². The van der Waals surface area contributed by atoms with Crippen LogP contribution in [0, 0.1) is 11.7 Å². The van der Waals surface area contributed by atoms with Crippen LogP contribution in [0.1, 0.15) is 35.2 Å². The predicted octanol–water partition coefficient (Wildman–Crippen LogP) is 3.43. The third-order valence-electron chi connectivity index (χ3n) is 4.95. The second-order valence-corrected chi connectivity index (χ2v) is 6.98. The molecule has 0 saturated carbocycles. The first-order valence-electron chi connectivity index (χ1n) is 9.50. The lowest BCUT2D eigenvalue weighted by atomic mass is 9.96. The van der Waals surface area contributed by atoms with Crippen molar-refractivity contribution in [1.29, 1.82) is 0 Å². The fourth-order valence-corrected chi connectivity index (χ4v) is 3.44. The summed E-state index contributed by atoms with van der Waals surface area (Å²) in [6.07, 6.45) is 3.41. The molecular weight excluding hydrogens is 343 g/mol. The van der Waals surface area contributed by atoms with Crippen molar-refractivity contribution in [3.8, 4) is 0 Å². The summed E-state index contributed by atoms with van der Waals surface area (Å²) in [6, 6.07) is 15.8. The number of hydrogen-bond acceptors (Lipinski definition) is 2. The lowest BCUT2D eigenvalue weighted by molar-refractivity contribution is -0.126. The molecule has 1 N–H and O–H groups in total. The summed E-state index contributed by atoms with van der Waals surface area (Å²) in [4.78, 5) is 26.7. The van der Waals surface area contributed by atoms with Crippen molar-refractivity contribution >= 4 is 11.8 Å². The summed E-state index contributed by atoms with van der Waals surface area (Å²) < 4.78 is 13.0. The summed E-state index contributed by atoms with van der Waals surface area (Å²) in [5.74, 6) is -0.672. The van der Waals surface area contributed by atoms with Crippen molar-refractivity contribution < 1.29 is 14.0 Å². The molecule has 0 bridgehead atoms. The predicted molar refractivity (Wildman–Crippen MR) is 103 cm³/mol. The van der Waals surface area contributed by atoms with Crippen molar-refractivity contribution in [3.05, 3.63) is 71.5 Å². The van der Waals surface area contributed by atoms with E-state index < -0.39 is 0 Å². The summed E-state index contributed by atoms with van der Waals surface area (Å²) in [6.45, 7) is 1.69. The van der Waals surface area contributed by atoms with E-state index in [0.29, 0.717) is 25.2 Å². The number of rotatable bonds is 6. The minimum atomic E-state index is -0.363. The van der Waals surface area contributed by atoms with E-state index in [9.17, 15) is 14.0 Å². The lowest BCUT2D eigenvalue weighted by Crippen LogP contribution is -2.45. The Balaban J connectivity index is 1.46. The molecule has 1 aliphatic rings. The molecule has 0 spiro atoms. The van der Waals surface area contributed by atoms with Gasteiger partial charge in [0, 0.05) is 25.2 Å². The van der Waals surface area contributed by atoms with Crippen LogP contribution in [-0.4, -0.2) is 36.3 Å². The molecule has 142 valence electrons. The average molecular weight is 368 g/mol. The van der Waals surface area contributed by atoms with E-state index in [1.165, 1.54) is 29.8 Å². The highest BCUT2D eigenvalue weighted by Gasteiger charge is 2.28. The molecule has 2 amide bonds. The monoisotopic (exact) mass is 368 g/mol. The smallest absolute Gasteiger partial charge is 0.253 e. The van der Waals surface area contributed by atoms with Crippen LogP contribution < -0.4 is 5.32 Å². The fourth-order valence-electron chi connectivity index (χ4n) is 3.44. The van der Waals surface area contributed by atoms with Gasteiger partial charge in [-0.25, -0.2) is 4.39 Å². The Kier molecular flexibility index (Phi) is 6.58. The highest BCUT2D eigenvalue weighted by atomic mass is 19.1. The fraction of sp³-hybridized carbons (Fsp3) is 0.364.